The molecule has 22 heavy (non-hydrogen) atoms. The molecule has 3 rings (SSSR count). The van der Waals surface area contributed by atoms with E-state index >= 15 is 0 Å². The van der Waals surface area contributed by atoms with Crippen LogP contribution in [-0.2, 0) is 16.1 Å². The number of carbonyl (C=O) groups excluding carboxylic acids is 1. The molecule has 1 atom stereocenters. The molecule has 0 aliphatic carbocycles. The highest BCUT2D eigenvalue weighted by Crippen LogP contribution is 2.15. The van der Waals surface area contributed by atoms with E-state index < -0.39 is 0 Å². The van der Waals surface area contributed by atoms with Gasteiger partial charge in [-0.15, -0.1) is 10.2 Å². The van der Waals surface area contributed by atoms with E-state index in [9.17, 15) is 4.79 Å². The van der Waals surface area contributed by atoms with E-state index in [-0.39, 0.29) is 18.4 Å². The fourth-order valence-electron chi connectivity index (χ4n) is 2.87. The minimum atomic E-state index is -0.202. The van der Waals surface area contributed by atoms with E-state index in [0.717, 1.165) is 39.1 Å². The fourth-order valence-corrected chi connectivity index (χ4v) is 2.87. The van der Waals surface area contributed by atoms with Crippen molar-refractivity contribution in [3.63, 3.8) is 0 Å². The van der Waals surface area contributed by atoms with E-state index in [0.29, 0.717) is 25.1 Å². The van der Waals surface area contributed by atoms with Crippen LogP contribution in [-0.4, -0.2) is 78.4 Å². The number of carbonyl (C=O) groups is 1. The Morgan fingerprint density at radius 2 is 2.14 bits per heavy atom. The van der Waals surface area contributed by atoms with Crippen molar-refractivity contribution in [3.8, 4) is 0 Å². The van der Waals surface area contributed by atoms with Gasteiger partial charge in [0.25, 0.3) is 0 Å². The first kappa shape index (κ1) is 15.4. The first-order valence-electron chi connectivity index (χ1n) is 7.71. The molecule has 1 aromatic rings. The predicted molar refractivity (Wildman–Crippen MR) is 76.3 cm³/mol. The summed E-state index contributed by atoms with van der Waals surface area (Å²) in [6.07, 6.45) is 2.66. The van der Waals surface area contributed by atoms with Crippen molar-refractivity contribution in [1.29, 1.82) is 0 Å². The van der Waals surface area contributed by atoms with E-state index in [4.69, 9.17) is 13.9 Å². The first-order chi connectivity index (χ1) is 10.8. The Kier molecular flexibility index (Phi) is 5.01. The summed E-state index contributed by atoms with van der Waals surface area (Å²) < 4.78 is 15.9. The third-order valence-electron chi connectivity index (χ3n) is 4.06. The van der Waals surface area contributed by atoms with Crippen LogP contribution in [0.2, 0.25) is 0 Å². The van der Waals surface area contributed by atoms with Crippen molar-refractivity contribution < 1.29 is 18.7 Å². The molecule has 122 valence electrons. The molecule has 0 unspecified atom stereocenters. The van der Waals surface area contributed by atoms with Gasteiger partial charge in [0.15, 0.2) is 0 Å². The first-order valence-corrected chi connectivity index (χ1v) is 7.71. The quantitative estimate of drug-likeness (QED) is 0.766. The van der Waals surface area contributed by atoms with Crippen LogP contribution in [0.25, 0.3) is 0 Å². The molecule has 3 heterocycles. The number of hydrogen-bond acceptors (Lipinski definition) is 7. The summed E-state index contributed by atoms with van der Waals surface area (Å²) in [7, 11) is 1.54. The summed E-state index contributed by atoms with van der Waals surface area (Å²) in [4.78, 5) is 16.4. The van der Waals surface area contributed by atoms with Gasteiger partial charge in [-0.2, -0.15) is 0 Å². The standard InChI is InChI=1S/C14H22N4O4/c1-20-10-12-15-16-13(22-12)14(19)18-6-4-17(5-7-18)9-11-3-2-8-21-11/h11H,2-10H2,1H3/t11-/m1/s1. The second kappa shape index (κ2) is 7.17. The predicted octanol–water partition coefficient (Wildman–Crippen LogP) is 0.153. The van der Waals surface area contributed by atoms with Crippen molar-refractivity contribution in [2.24, 2.45) is 0 Å². The zero-order valence-corrected chi connectivity index (χ0v) is 12.9. The topological polar surface area (TPSA) is 80.9 Å². The van der Waals surface area contributed by atoms with Crippen molar-refractivity contribution in [3.05, 3.63) is 11.8 Å². The number of amides is 1. The van der Waals surface area contributed by atoms with Crippen LogP contribution >= 0.6 is 0 Å². The van der Waals surface area contributed by atoms with Gasteiger partial charge in [0.1, 0.15) is 6.61 Å². The van der Waals surface area contributed by atoms with E-state index in [1.807, 2.05) is 0 Å². The van der Waals surface area contributed by atoms with Crippen LogP contribution in [0.4, 0.5) is 0 Å². The average molecular weight is 310 g/mol. The smallest absolute Gasteiger partial charge is 0.311 e. The molecule has 8 nitrogen and oxygen atoms in total. The van der Waals surface area contributed by atoms with Crippen LogP contribution in [0.3, 0.4) is 0 Å². The molecule has 1 amide bonds. The molecule has 2 saturated heterocycles. The largest absolute Gasteiger partial charge is 0.414 e. The van der Waals surface area contributed by atoms with E-state index in [1.54, 1.807) is 12.0 Å². The Morgan fingerprint density at radius 3 is 2.82 bits per heavy atom. The van der Waals surface area contributed by atoms with Crippen molar-refractivity contribution in [2.45, 2.75) is 25.6 Å². The highest BCUT2D eigenvalue weighted by Gasteiger charge is 2.27. The van der Waals surface area contributed by atoms with Crippen LogP contribution in [0.5, 0.6) is 0 Å². The third kappa shape index (κ3) is 3.63. The summed E-state index contributed by atoms with van der Waals surface area (Å²) in [6.45, 7) is 5.11. The number of aromatic nitrogens is 2. The fraction of sp³-hybridized carbons (Fsp3) is 0.786. The molecule has 0 radical (unpaired) electrons. The van der Waals surface area contributed by atoms with Gasteiger partial charge in [-0.25, -0.2) is 0 Å². The minimum Gasteiger partial charge on any atom is -0.414 e. The van der Waals surface area contributed by atoms with Gasteiger partial charge >= 0.3 is 11.8 Å². The van der Waals surface area contributed by atoms with E-state index in [2.05, 4.69) is 15.1 Å². The molecule has 2 aliphatic rings. The van der Waals surface area contributed by atoms with Gasteiger partial charge in [-0.3, -0.25) is 9.69 Å². The minimum absolute atomic E-state index is 0.0413. The Morgan fingerprint density at radius 1 is 1.32 bits per heavy atom. The molecule has 2 aliphatic heterocycles. The molecule has 0 spiro atoms. The molecule has 8 heteroatoms. The summed E-state index contributed by atoms with van der Waals surface area (Å²) in [5, 5.41) is 7.58. The van der Waals surface area contributed by atoms with Crippen LogP contribution in [0.1, 0.15) is 29.4 Å². The van der Waals surface area contributed by atoms with Crippen molar-refractivity contribution in [2.75, 3.05) is 46.4 Å². The molecule has 0 aromatic carbocycles. The maximum Gasteiger partial charge on any atom is 0.311 e. The summed E-state index contributed by atoms with van der Waals surface area (Å²) >= 11 is 0. The van der Waals surface area contributed by atoms with Gasteiger partial charge in [-0.1, -0.05) is 0 Å². The molecule has 0 saturated carbocycles. The monoisotopic (exact) mass is 310 g/mol. The number of nitrogens with zero attached hydrogens (tertiary/aromatic N) is 4. The van der Waals surface area contributed by atoms with Gasteiger partial charge in [-0.05, 0) is 12.8 Å². The number of piperazine rings is 1. The summed E-state index contributed by atoms with van der Waals surface area (Å²) in [6, 6.07) is 0. The summed E-state index contributed by atoms with van der Waals surface area (Å²) in [5.74, 6) is 0.161. The highest BCUT2D eigenvalue weighted by molar-refractivity contribution is 5.89. The van der Waals surface area contributed by atoms with Gasteiger partial charge in [0, 0.05) is 46.4 Å². The molecule has 0 N–H and O–H groups in total. The van der Waals surface area contributed by atoms with Crippen LogP contribution in [0.15, 0.2) is 4.42 Å². The number of rotatable bonds is 5. The number of methoxy groups -OCH3 is 1. The zero-order chi connectivity index (χ0) is 15.4. The van der Waals surface area contributed by atoms with Crippen molar-refractivity contribution >= 4 is 5.91 Å². The Balaban J connectivity index is 1.48. The lowest BCUT2D eigenvalue weighted by molar-refractivity contribution is 0.0410. The average Bonchev–Trinajstić information content (AvgIpc) is 3.20. The molecule has 1 aromatic heterocycles. The Hall–Kier alpha value is -1.51. The van der Waals surface area contributed by atoms with Crippen molar-refractivity contribution in [1.82, 2.24) is 20.0 Å². The normalized spacial score (nSPS) is 23.1. The number of hydrogen-bond donors (Lipinski definition) is 0. The maximum atomic E-state index is 12.3. The lowest BCUT2D eigenvalue weighted by Gasteiger charge is -2.35. The van der Waals surface area contributed by atoms with E-state index in [1.165, 1.54) is 0 Å². The van der Waals surface area contributed by atoms with Gasteiger partial charge in [0.2, 0.25) is 5.89 Å². The van der Waals surface area contributed by atoms with Gasteiger partial charge in [0.05, 0.1) is 6.10 Å². The molecule has 2 fully saturated rings. The SMILES string of the molecule is COCc1nnc(C(=O)N2CCN(C[C@H]3CCCO3)CC2)o1. The maximum absolute atomic E-state index is 12.3. The molecule has 0 bridgehead atoms. The van der Waals surface area contributed by atoms with Gasteiger partial charge < -0.3 is 18.8 Å². The number of ether oxygens (including phenoxy) is 2. The summed E-state index contributed by atoms with van der Waals surface area (Å²) in [5.41, 5.74) is 0. The lowest BCUT2D eigenvalue weighted by atomic mass is 10.2. The third-order valence-corrected chi connectivity index (χ3v) is 4.06. The Bertz CT molecular complexity index is 493. The molecular weight excluding hydrogens is 288 g/mol. The Labute approximate surface area is 129 Å². The lowest BCUT2D eigenvalue weighted by Crippen LogP contribution is -2.50. The van der Waals surface area contributed by atoms with Crippen LogP contribution in [0, 0.1) is 0 Å². The highest BCUT2D eigenvalue weighted by atomic mass is 16.5. The van der Waals surface area contributed by atoms with Crippen LogP contribution < -0.4 is 0 Å². The zero-order valence-electron chi connectivity index (χ0n) is 12.9. The second-order valence-corrected chi connectivity index (χ2v) is 5.66. The molecular formula is C14H22N4O4. The second-order valence-electron chi connectivity index (χ2n) is 5.66.